The van der Waals surface area contributed by atoms with Gasteiger partial charge in [-0.25, -0.2) is 0 Å². The van der Waals surface area contributed by atoms with Gasteiger partial charge in [-0.3, -0.25) is 4.79 Å². The molecule has 5 heteroatoms. The molecule has 0 spiro atoms. The first kappa shape index (κ1) is 23.8. The lowest BCUT2D eigenvalue weighted by atomic mass is 9.91. The second-order valence-corrected chi connectivity index (χ2v) is 7.67. The first-order chi connectivity index (χ1) is 12.3. The molecule has 1 amide bonds. The van der Waals surface area contributed by atoms with E-state index in [0.29, 0.717) is 16.5 Å². The third-order valence-electron chi connectivity index (χ3n) is 5.46. The van der Waals surface area contributed by atoms with Crippen molar-refractivity contribution in [2.24, 2.45) is 5.92 Å². The molecule has 4 nitrogen and oxygen atoms in total. The number of piperazine rings is 1. The van der Waals surface area contributed by atoms with Crippen molar-refractivity contribution in [3.8, 4) is 0 Å². The molecule has 0 unspecified atom stereocenters. The van der Waals surface area contributed by atoms with E-state index in [0.717, 1.165) is 38.4 Å². The molecule has 1 heterocycles. The van der Waals surface area contributed by atoms with Crippen LogP contribution in [-0.4, -0.2) is 38.6 Å². The lowest BCUT2D eigenvalue weighted by molar-refractivity contribution is 0.0945. The molecule has 0 aromatic heterocycles. The second kappa shape index (κ2) is 12.2. The Morgan fingerprint density at radius 3 is 2.37 bits per heavy atom. The predicted molar refractivity (Wildman–Crippen MR) is 118 cm³/mol. The monoisotopic (exact) mass is 395 g/mol. The minimum absolute atomic E-state index is 0. The van der Waals surface area contributed by atoms with Crippen molar-refractivity contribution in [2.45, 2.75) is 59.8 Å². The molecule has 0 radical (unpaired) electrons. The average Bonchev–Trinajstić information content (AvgIpc) is 2.61. The van der Waals surface area contributed by atoms with Crippen molar-refractivity contribution in [3.05, 3.63) is 28.8 Å². The van der Waals surface area contributed by atoms with Crippen LogP contribution in [0, 0.1) is 5.92 Å². The summed E-state index contributed by atoms with van der Waals surface area (Å²) >= 11 is 6.58. The number of amides is 1. The van der Waals surface area contributed by atoms with Crippen molar-refractivity contribution in [1.29, 1.82) is 0 Å². The quantitative estimate of drug-likeness (QED) is 0.744. The number of carbonyl (C=O) groups is 1. The van der Waals surface area contributed by atoms with Gasteiger partial charge in [0.2, 0.25) is 0 Å². The first-order valence-electron chi connectivity index (χ1n) is 9.78. The third-order valence-corrected chi connectivity index (χ3v) is 5.85. The zero-order chi connectivity index (χ0) is 17.5. The van der Waals surface area contributed by atoms with E-state index >= 15 is 0 Å². The smallest absolute Gasteiger partial charge is 0.252 e. The van der Waals surface area contributed by atoms with Crippen molar-refractivity contribution in [2.75, 3.05) is 37.6 Å². The highest BCUT2D eigenvalue weighted by Gasteiger charge is 2.19. The minimum Gasteiger partial charge on any atom is -0.368 e. The number of hydrogen-bond acceptors (Lipinski definition) is 3. The standard InChI is InChI=1S/C20H30ClN3O.2CH4/c21-19-17(9-6-10-18(19)24-13-11-22-12-14-24)20(25)23-15-16-7-4-2-1-3-5-8-16;;/h6,9-10,16,22H,1-5,7-8,11-15H2,(H,23,25);2*1H4. The third kappa shape index (κ3) is 6.69. The zero-order valence-corrected chi connectivity index (χ0v) is 15.8. The number of halogens is 1. The minimum atomic E-state index is -0.0379. The summed E-state index contributed by atoms with van der Waals surface area (Å²) in [6.07, 6.45) is 9.09. The largest absolute Gasteiger partial charge is 0.368 e. The summed E-state index contributed by atoms with van der Waals surface area (Å²) in [5.74, 6) is 0.573. The van der Waals surface area contributed by atoms with E-state index in [1.165, 1.54) is 44.9 Å². The van der Waals surface area contributed by atoms with Gasteiger partial charge in [-0.2, -0.15) is 0 Å². The van der Waals surface area contributed by atoms with E-state index in [-0.39, 0.29) is 20.8 Å². The highest BCUT2D eigenvalue weighted by atomic mass is 35.5. The topological polar surface area (TPSA) is 44.4 Å². The maximum atomic E-state index is 12.7. The van der Waals surface area contributed by atoms with Crippen LogP contribution in [0.3, 0.4) is 0 Å². The van der Waals surface area contributed by atoms with Gasteiger partial charge in [-0.1, -0.05) is 64.6 Å². The number of benzene rings is 1. The Bertz CT molecular complexity index is 565. The van der Waals surface area contributed by atoms with Crippen LogP contribution in [0.25, 0.3) is 0 Å². The number of carbonyl (C=O) groups excluding carboxylic acids is 1. The lowest BCUT2D eigenvalue weighted by Gasteiger charge is -2.30. The fourth-order valence-electron chi connectivity index (χ4n) is 3.92. The Morgan fingerprint density at radius 2 is 1.70 bits per heavy atom. The highest BCUT2D eigenvalue weighted by Crippen LogP contribution is 2.30. The van der Waals surface area contributed by atoms with Crippen LogP contribution in [0.1, 0.15) is 70.2 Å². The van der Waals surface area contributed by atoms with Crippen LogP contribution >= 0.6 is 11.6 Å². The molecule has 1 saturated carbocycles. The number of hydrogen-bond donors (Lipinski definition) is 2. The Hall–Kier alpha value is -1.26. The summed E-state index contributed by atoms with van der Waals surface area (Å²) in [4.78, 5) is 14.9. The van der Waals surface area contributed by atoms with Gasteiger partial charge in [-0.15, -0.1) is 0 Å². The SMILES string of the molecule is C.C.O=C(NCC1CCCCCCC1)c1cccc(N2CCNCC2)c1Cl. The molecule has 2 aliphatic rings. The van der Waals surface area contributed by atoms with Crippen LogP contribution in [0.5, 0.6) is 0 Å². The Morgan fingerprint density at radius 1 is 1.07 bits per heavy atom. The van der Waals surface area contributed by atoms with Gasteiger partial charge in [-0.05, 0) is 30.9 Å². The molecule has 1 aliphatic heterocycles. The summed E-state index contributed by atoms with van der Waals surface area (Å²) < 4.78 is 0. The maximum absolute atomic E-state index is 12.7. The molecular formula is C22H38ClN3O. The van der Waals surface area contributed by atoms with Crippen LogP contribution in [-0.2, 0) is 0 Å². The molecule has 3 rings (SSSR count). The fourth-order valence-corrected chi connectivity index (χ4v) is 4.25. The Labute approximate surface area is 171 Å². The van der Waals surface area contributed by atoms with E-state index in [1.807, 2.05) is 18.2 Å². The predicted octanol–water partition coefficient (Wildman–Crippen LogP) is 5.11. The number of nitrogens with one attached hydrogen (secondary N) is 2. The molecule has 1 aromatic carbocycles. The molecule has 0 bridgehead atoms. The van der Waals surface area contributed by atoms with Crippen molar-refractivity contribution in [1.82, 2.24) is 10.6 Å². The van der Waals surface area contributed by atoms with Gasteiger partial charge in [0.1, 0.15) is 0 Å². The summed E-state index contributed by atoms with van der Waals surface area (Å²) in [6.45, 7) is 4.52. The molecular weight excluding hydrogens is 358 g/mol. The highest BCUT2D eigenvalue weighted by molar-refractivity contribution is 6.36. The van der Waals surface area contributed by atoms with Gasteiger partial charge in [0.25, 0.3) is 5.91 Å². The molecule has 1 aromatic rings. The zero-order valence-electron chi connectivity index (χ0n) is 15.0. The molecule has 1 aliphatic carbocycles. The Balaban J connectivity index is 0.00000182. The number of nitrogens with zero attached hydrogens (tertiary/aromatic N) is 1. The summed E-state index contributed by atoms with van der Waals surface area (Å²) in [7, 11) is 0. The van der Waals surface area contributed by atoms with E-state index < -0.39 is 0 Å². The van der Waals surface area contributed by atoms with E-state index in [1.54, 1.807) is 0 Å². The second-order valence-electron chi connectivity index (χ2n) is 7.30. The van der Waals surface area contributed by atoms with Gasteiger partial charge < -0.3 is 15.5 Å². The summed E-state index contributed by atoms with van der Waals surface area (Å²) in [6, 6.07) is 5.79. The molecule has 2 fully saturated rings. The van der Waals surface area contributed by atoms with Crippen LogP contribution in [0.15, 0.2) is 18.2 Å². The molecule has 0 atom stereocenters. The van der Waals surface area contributed by atoms with Crippen LogP contribution in [0.2, 0.25) is 5.02 Å². The molecule has 154 valence electrons. The van der Waals surface area contributed by atoms with Crippen LogP contribution in [0.4, 0.5) is 5.69 Å². The van der Waals surface area contributed by atoms with Crippen molar-refractivity contribution < 1.29 is 4.79 Å². The normalized spacial score (nSPS) is 18.5. The number of anilines is 1. The van der Waals surface area contributed by atoms with Gasteiger partial charge in [0.15, 0.2) is 0 Å². The average molecular weight is 396 g/mol. The van der Waals surface area contributed by atoms with Crippen LogP contribution < -0.4 is 15.5 Å². The van der Waals surface area contributed by atoms with E-state index in [4.69, 9.17) is 11.6 Å². The summed E-state index contributed by atoms with van der Waals surface area (Å²) in [5, 5.41) is 7.06. The first-order valence-corrected chi connectivity index (χ1v) is 10.2. The van der Waals surface area contributed by atoms with E-state index in [9.17, 15) is 4.79 Å². The summed E-state index contributed by atoms with van der Waals surface area (Å²) in [5.41, 5.74) is 1.57. The van der Waals surface area contributed by atoms with Gasteiger partial charge >= 0.3 is 0 Å². The Kier molecular flexibility index (Phi) is 10.8. The maximum Gasteiger partial charge on any atom is 0.252 e. The van der Waals surface area contributed by atoms with Gasteiger partial charge in [0.05, 0.1) is 16.3 Å². The molecule has 2 N–H and O–H groups in total. The number of rotatable bonds is 4. The van der Waals surface area contributed by atoms with Crippen molar-refractivity contribution >= 4 is 23.2 Å². The van der Waals surface area contributed by atoms with Gasteiger partial charge in [0, 0.05) is 32.7 Å². The van der Waals surface area contributed by atoms with E-state index in [2.05, 4.69) is 15.5 Å². The lowest BCUT2D eigenvalue weighted by Crippen LogP contribution is -2.43. The molecule has 1 saturated heterocycles. The van der Waals surface area contributed by atoms with Crippen molar-refractivity contribution in [3.63, 3.8) is 0 Å². The molecule has 27 heavy (non-hydrogen) atoms. The fraction of sp³-hybridized carbons (Fsp3) is 0.682.